The fraction of sp³-hybridized carbons (Fsp3) is 0.571. The van der Waals surface area contributed by atoms with Gasteiger partial charge in [0.2, 0.25) is 12.1 Å². The fourth-order valence-electron chi connectivity index (χ4n) is 5.07. The Morgan fingerprint density at radius 3 is 2.54 bits per heavy atom. The Labute approximate surface area is 168 Å². The smallest absolute Gasteiger partial charge is 0.242 e. The molecular weight excluding hydrogens is 370 g/mol. The van der Waals surface area contributed by atoms with Crippen molar-refractivity contribution in [2.45, 2.75) is 38.5 Å². The van der Waals surface area contributed by atoms with Gasteiger partial charge in [-0.15, -0.1) is 16.3 Å². The zero-order valence-corrected chi connectivity index (χ0v) is 17.0. The maximum atomic E-state index is 5.59. The van der Waals surface area contributed by atoms with Crippen molar-refractivity contribution in [3.63, 3.8) is 0 Å². The summed E-state index contributed by atoms with van der Waals surface area (Å²) in [6.45, 7) is 5.76. The molecule has 1 N–H and O–H groups in total. The molecule has 0 amide bonds. The number of aryl methyl sites for hydroxylation is 1. The van der Waals surface area contributed by atoms with E-state index in [1.165, 1.54) is 58.5 Å². The number of ether oxygens (including phenoxy) is 1. The predicted octanol–water partition coefficient (Wildman–Crippen LogP) is 2.97. The molecule has 0 saturated carbocycles. The number of aromatic amines is 1. The minimum Gasteiger partial charge on any atom is -0.378 e. The molecule has 3 aromatic heterocycles. The number of hydrogen-bond acceptors (Lipinski definition) is 6. The monoisotopic (exact) mass is 396 g/mol. The molecule has 2 fully saturated rings. The average Bonchev–Trinajstić information content (AvgIpc) is 3.41. The van der Waals surface area contributed by atoms with Crippen LogP contribution in [0.25, 0.3) is 20.4 Å². The minimum atomic E-state index is 0.802. The van der Waals surface area contributed by atoms with Crippen LogP contribution in [-0.2, 0) is 17.6 Å². The van der Waals surface area contributed by atoms with Gasteiger partial charge in [-0.2, -0.15) is 0 Å². The lowest BCUT2D eigenvalue weighted by Gasteiger charge is -2.31. The van der Waals surface area contributed by atoms with Gasteiger partial charge in [-0.3, -0.25) is 4.90 Å². The van der Waals surface area contributed by atoms with Crippen LogP contribution in [0.4, 0.5) is 11.6 Å². The van der Waals surface area contributed by atoms with E-state index in [0.717, 1.165) is 62.6 Å². The first-order chi connectivity index (χ1) is 13.9. The number of nitrogens with zero attached hydrogens (tertiary/aromatic N) is 4. The normalized spacial score (nSPS) is 20.3. The largest absolute Gasteiger partial charge is 0.378 e. The number of pyridine rings is 1. The molecule has 7 heteroatoms. The third-order valence-electron chi connectivity index (χ3n) is 6.45. The summed E-state index contributed by atoms with van der Waals surface area (Å²) in [6.07, 6.45) is 9.25. The zero-order valence-electron chi connectivity index (χ0n) is 16.2. The Balaban J connectivity index is 1.59. The molecular formula is C21H26N5OS+. The summed E-state index contributed by atoms with van der Waals surface area (Å²) in [7, 11) is 0. The Morgan fingerprint density at radius 1 is 0.929 bits per heavy atom. The van der Waals surface area contributed by atoms with E-state index in [0.29, 0.717) is 0 Å². The highest BCUT2D eigenvalue weighted by Gasteiger charge is 2.29. The van der Waals surface area contributed by atoms with Gasteiger partial charge in [-0.05, 0) is 49.7 Å². The second-order valence-electron chi connectivity index (χ2n) is 8.10. The molecule has 0 atom stereocenters. The average molecular weight is 397 g/mol. The second-order valence-corrected chi connectivity index (χ2v) is 9.10. The van der Waals surface area contributed by atoms with Gasteiger partial charge in [0.15, 0.2) is 5.52 Å². The second kappa shape index (κ2) is 6.81. The highest BCUT2D eigenvalue weighted by molar-refractivity contribution is 7.26. The molecule has 0 bridgehead atoms. The molecule has 28 heavy (non-hydrogen) atoms. The van der Waals surface area contributed by atoms with Crippen LogP contribution in [-0.4, -0.2) is 49.4 Å². The lowest BCUT2D eigenvalue weighted by atomic mass is 9.90. The van der Waals surface area contributed by atoms with Gasteiger partial charge in [0.05, 0.1) is 31.7 Å². The lowest BCUT2D eigenvalue weighted by molar-refractivity contribution is -0.366. The van der Waals surface area contributed by atoms with E-state index in [9.17, 15) is 0 Å². The number of thiophene rings is 1. The van der Waals surface area contributed by atoms with Gasteiger partial charge in [0.25, 0.3) is 0 Å². The van der Waals surface area contributed by atoms with Gasteiger partial charge in [-0.25, -0.2) is 9.97 Å². The summed E-state index contributed by atoms with van der Waals surface area (Å²) in [5.74, 6) is 2.45. The molecule has 1 aliphatic carbocycles. The van der Waals surface area contributed by atoms with Crippen molar-refractivity contribution in [1.82, 2.24) is 9.97 Å². The number of H-pyrrole nitrogens is 1. The van der Waals surface area contributed by atoms with Crippen molar-refractivity contribution in [3.8, 4) is 0 Å². The van der Waals surface area contributed by atoms with Crippen molar-refractivity contribution in [2.24, 2.45) is 0 Å². The van der Waals surface area contributed by atoms with Crippen molar-refractivity contribution in [1.29, 1.82) is 0 Å². The first kappa shape index (κ1) is 16.9. The van der Waals surface area contributed by atoms with E-state index >= 15 is 0 Å². The Bertz CT molecular complexity index is 1040. The summed E-state index contributed by atoms with van der Waals surface area (Å²) in [5.41, 5.74) is 4.13. The van der Waals surface area contributed by atoms with Gasteiger partial charge in [0, 0.05) is 13.1 Å². The number of rotatable bonds is 2. The molecule has 3 aliphatic rings. The number of nitrogens with one attached hydrogen (secondary N) is 1. The van der Waals surface area contributed by atoms with Crippen LogP contribution in [0.15, 0.2) is 6.33 Å². The number of anilines is 2. The van der Waals surface area contributed by atoms with Crippen molar-refractivity contribution in [2.75, 3.05) is 49.2 Å². The third-order valence-corrected chi connectivity index (χ3v) is 7.53. The van der Waals surface area contributed by atoms with Crippen LogP contribution in [0.2, 0.25) is 0 Å². The molecule has 5 heterocycles. The van der Waals surface area contributed by atoms with Gasteiger partial charge < -0.3 is 9.64 Å². The summed E-state index contributed by atoms with van der Waals surface area (Å²) in [4.78, 5) is 19.6. The van der Waals surface area contributed by atoms with Crippen molar-refractivity contribution >= 4 is 43.4 Å². The van der Waals surface area contributed by atoms with Crippen LogP contribution >= 0.6 is 11.3 Å². The van der Waals surface area contributed by atoms with Crippen molar-refractivity contribution < 1.29 is 9.72 Å². The fourth-order valence-corrected chi connectivity index (χ4v) is 6.26. The van der Waals surface area contributed by atoms with E-state index in [1.807, 2.05) is 17.7 Å². The number of aromatic nitrogens is 3. The highest BCUT2D eigenvalue weighted by atomic mass is 32.1. The van der Waals surface area contributed by atoms with E-state index < -0.39 is 0 Å². The van der Waals surface area contributed by atoms with Crippen molar-refractivity contribution in [3.05, 3.63) is 17.5 Å². The number of fused-ring (bicyclic) bond motifs is 5. The van der Waals surface area contributed by atoms with Gasteiger partial charge in [-0.1, -0.05) is 0 Å². The molecule has 6 rings (SSSR count). The van der Waals surface area contributed by atoms with E-state index in [2.05, 4.69) is 14.8 Å². The molecule has 0 radical (unpaired) electrons. The minimum absolute atomic E-state index is 0.802. The maximum absolute atomic E-state index is 5.59. The van der Waals surface area contributed by atoms with Crippen LogP contribution in [0.3, 0.4) is 0 Å². The van der Waals surface area contributed by atoms with Crippen LogP contribution in [0.1, 0.15) is 36.8 Å². The predicted molar refractivity (Wildman–Crippen MR) is 113 cm³/mol. The molecule has 0 spiro atoms. The lowest BCUT2D eigenvalue weighted by Crippen LogP contribution is -2.37. The molecule has 3 aromatic rings. The standard InChI is InChI=1S/C21H25N5OS/c1-2-6-15-14(5-1)16-17-18(20(23-13-22-17)25-7-3-4-8-25)28-21(16)24-19(15)26-9-11-27-12-10-26/h13H,1-12H2/p+1. The summed E-state index contributed by atoms with van der Waals surface area (Å²) < 4.78 is 6.86. The first-order valence-electron chi connectivity index (χ1n) is 10.6. The van der Waals surface area contributed by atoms with Gasteiger partial charge >= 0.3 is 0 Å². The van der Waals surface area contributed by atoms with E-state index in [-0.39, 0.29) is 0 Å². The zero-order chi connectivity index (χ0) is 18.5. The maximum Gasteiger partial charge on any atom is 0.242 e. The molecule has 0 unspecified atom stereocenters. The van der Waals surface area contributed by atoms with Gasteiger partial charge in [0.1, 0.15) is 15.3 Å². The Morgan fingerprint density at radius 2 is 1.71 bits per heavy atom. The first-order valence-corrected chi connectivity index (χ1v) is 11.4. The number of hydrogen-bond donors (Lipinski definition) is 0. The summed E-state index contributed by atoms with van der Waals surface area (Å²) in [6, 6.07) is 0. The summed E-state index contributed by atoms with van der Waals surface area (Å²) in [5, 5.41) is 1.32. The van der Waals surface area contributed by atoms with E-state index in [4.69, 9.17) is 14.7 Å². The molecule has 2 saturated heterocycles. The molecule has 6 nitrogen and oxygen atoms in total. The SMILES string of the molecule is c1nc2c(sc3nc(N4CCOCC4)c4c(c32)CCCC4)c(N2CCCC2)[nH+]1. The third kappa shape index (κ3) is 2.59. The highest BCUT2D eigenvalue weighted by Crippen LogP contribution is 2.43. The molecule has 0 aromatic carbocycles. The van der Waals surface area contributed by atoms with Crippen LogP contribution in [0, 0.1) is 0 Å². The Kier molecular flexibility index (Phi) is 4.12. The molecule has 2 aliphatic heterocycles. The summed E-state index contributed by atoms with van der Waals surface area (Å²) >= 11 is 1.82. The molecule has 146 valence electrons. The topological polar surface area (TPSA) is 55.6 Å². The number of morpholine rings is 1. The van der Waals surface area contributed by atoms with E-state index in [1.54, 1.807) is 0 Å². The Hall–Kier alpha value is -1.99. The van der Waals surface area contributed by atoms with Crippen LogP contribution < -0.4 is 14.8 Å². The quantitative estimate of drug-likeness (QED) is 0.667. The van der Waals surface area contributed by atoms with Crippen LogP contribution in [0.5, 0.6) is 0 Å².